The van der Waals surface area contributed by atoms with Gasteiger partial charge in [-0.15, -0.1) is 21.9 Å². The molecule has 6 nitrogen and oxygen atoms in total. The first-order chi connectivity index (χ1) is 32.9. The van der Waals surface area contributed by atoms with Gasteiger partial charge in [-0.3, -0.25) is 9.59 Å². The maximum atomic E-state index is 15.4. The van der Waals surface area contributed by atoms with E-state index in [1.54, 1.807) is 35.0 Å². The van der Waals surface area contributed by atoms with E-state index in [1.165, 1.54) is 0 Å². The molecule has 0 fully saturated rings. The van der Waals surface area contributed by atoms with Crippen LogP contribution in [0.2, 0.25) is 0 Å². The Labute approximate surface area is 375 Å². The van der Waals surface area contributed by atoms with Crippen LogP contribution in [0.1, 0.15) is 20.8 Å². The van der Waals surface area contributed by atoms with Gasteiger partial charge < -0.3 is 0 Å². The van der Waals surface area contributed by atoms with Crippen molar-refractivity contribution in [2.75, 3.05) is 6.54 Å². The molecule has 27 heteroatoms. The Morgan fingerprint density at radius 3 is 1.09 bits per heavy atom. The quantitative estimate of drug-likeness (QED) is 0.0158. The Kier molecular flexibility index (Phi) is 14.4. The molecule has 6 aromatic carbocycles. The molecule has 0 radical (unpaired) electrons. The van der Waals surface area contributed by atoms with Gasteiger partial charge in [-0.25, -0.2) is 87.8 Å². The molecular weight excluding hydrogens is 995 g/mol. The summed E-state index contributed by atoms with van der Waals surface area (Å²) in [5.41, 5.74) is -4.90. The number of nitrogens with zero attached hydrogens (tertiary/aromatic N) is 4. The number of ketones is 2. The molecule has 0 unspecified atom stereocenters. The number of pyridine rings is 1. The van der Waals surface area contributed by atoms with Gasteiger partial charge in [0.1, 0.15) is 52.7 Å². The number of halogens is 20. The zero-order chi connectivity index (χ0) is 52.0. The summed E-state index contributed by atoms with van der Waals surface area (Å²) in [5, 5.41) is 4.98. The van der Waals surface area contributed by atoms with E-state index in [2.05, 4.69) is 10.0 Å². The summed E-state index contributed by atoms with van der Waals surface area (Å²) in [6, 6.07) is 18.2. The number of carbonyl (C=O) groups is 2. The zero-order valence-electron chi connectivity index (χ0n) is 33.5. The maximum absolute atomic E-state index is 15.4. The van der Waals surface area contributed by atoms with Crippen molar-refractivity contribution in [3.8, 4) is 0 Å². The summed E-state index contributed by atoms with van der Waals surface area (Å²) in [4.78, 5) is 27.7. The van der Waals surface area contributed by atoms with Crippen molar-refractivity contribution in [3.63, 3.8) is 0 Å². The van der Waals surface area contributed by atoms with Gasteiger partial charge in [-0.05, 0) is 17.0 Å². The van der Waals surface area contributed by atoms with Crippen LogP contribution < -0.4 is 26.4 Å². The van der Waals surface area contributed by atoms with Gasteiger partial charge in [0, 0.05) is 16.5 Å². The average Bonchev–Trinajstić information content (AvgIpc) is 3.35. The third kappa shape index (κ3) is 8.17. The van der Waals surface area contributed by atoms with Crippen molar-refractivity contribution in [2.24, 2.45) is 5.11 Å². The summed E-state index contributed by atoms with van der Waals surface area (Å²) < 4.78 is 296. The van der Waals surface area contributed by atoms with E-state index in [0.29, 0.717) is 11.3 Å². The Hall–Kier alpha value is -7.96. The summed E-state index contributed by atoms with van der Waals surface area (Å²) in [5.74, 6) is -71.8. The molecule has 0 spiro atoms. The Bertz CT molecular complexity index is 3010. The highest BCUT2D eigenvalue weighted by Crippen LogP contribution is 2.31. The van der Waals surface area contributed by atoms with E-state index in [1.807, 2.05) is 36.4 Å². The van der Waals surface area contributed by atoms with Gasteiger partial charge >= 0.3 is 0 Å². The molecule has 0 aliphatic heterocycles. The lowest BCUT2D eigenvalue weighted by atomic mass is 9.12. The molecule has 1 heterocycles. The monoisotopic (exact) mass is 1010 g/mol. The Morgan fingerprint density at radius 1 is 0.429 bits per heavy atom. The fraction of sp³-hybridized carbons (Fsp3) is 0.0465. The Balaban J connectivity index is 0.000000270. The topological polar surface area (TPSA) is 86.8 Å². The van der Waals surface area contributed by atoms with Crippen LogP contribution >= 0.6 is 0 Å². The molecule has 70 heavy (non-hydrogen) atoms. The van der Waals surface area contributed by atoms with Crippen LogP contribution in [0.5, 0.6) is 0 Å². The molecule has 0 aliphatic carbocycles. The van der Waals surface area contributed by atoms with Crippen molar-refractivity contribution >= 4 is 50.3 Å². The lowest BCUT2D eigenvalue weighted by molar-refractivity contribution is -0.683. The van der Waals surface area contributed by atoms with Gasteiger partial charge in [0.25, 0.3) is 5.69 Å². The van der Waals surface area contributed by atoms with Crippen LogP contribution in [0.3, 0.4) is 0 Å². The molecular formula is C43H15BF20N4O2. The first kappa shape index (κ1) is 51.4. The third-order valence-electron chi connectivity index (χ3n) is 10.6. The van der Waals surface area contributed by atoms with E-state index in [9.17, 15) is 62.3 Å². The number of fused-ring (bicyclic) bond motifs is 1. The number of hydrogen-bond donors (Lipinski definition) is 0. The molecule has 0 saturated heterocycles. The lowest BCUT2D eigenvalue weighted by Gasteiger charge is -2.44. The van der Waals surface area contributed by atoms with Crippen molar-refractivity contribution in [3.05, 3.63) is 205 Å². The summed E-state index contributed by atoms with van der Waals surface area (Å²) >= 11 is 0. The molecule has 362 valence electrons. The zero-order valence-corrected chi connectivity index (χ0v) is 33.5. The van der Waals surface area contributed by atoms with Gasteiger partial charge in [0.2, 0.25) is 18.1 Å². The second kappa shape index (κ2) is 19.6. The van der Waals surface area contributed by atoms with Crippen molar-refractivity contribution in [1.29, 1.82) is 0 Å². The molecule has 7 aromatic rings. The van der Waals surface area contributed by atoms with Crippen LogP contribution in [0.25, 0.3) is 21.2 Å². The number of Topliss-reactive ketones (excluding diaryl/α,β-unsaturated/α-hetero) is 2. The molecule has 0 bridgehead atoms. The second-order valence-corrected chi connectivity index (χ2v) is 14.3. The number of azide groups is 1. The smallest absolute Gasteiger partial charge is 0.257 e. The van der Waals surface area contributed by atoms with Gasteiger partial charge in [-0.2, -0.15) is 4.57 Å². The van der Waals surface area contributed by atoms with E-state index >= 15 is 35.1 Å². The maximum Gasteiger partial charge on any atom is 0.257 e. The summed E-state index contributed by atoms with van der Waals surface area (Å²) in [7, 11) is 0. The van der Waals surface area contributed by atoms with Crippen LogP contribution in [-0.2, 0) is 6.54 Å². The fourth-order valence-electron chi connectivity index (χ4n) is 7.61. The molecule has 0 amide bonds. The minimum atomic E-state index is -7.22. The van der Waals surface area contributed by atoms with Crippen LogP contribution in [0.15, 0.2) is 72.0 Å². The molecule has 0 saturated carbocycles. The number of rotatable bonds is 10. The fourth-order valence-corrected chi connectivity index (χ4v) is 7.61. The van der Waals surface area contributed by atoms with E-state index in [-0.39, 0.29) is 24.7 Å². The van der Waals surface area contributed by atoms with Crippen LogP contribution in [-0.4, -0.2) is 24.3 Å². The summed E-state index contributed by atoms with van der Waals surface area (Å²) in [6.45, 7) is -0.254. The molecule has 0 N–H and O–H groups in total. The average molecular weight is 1010 g/mol. The van der Waals surface area contributed by atoms with E-state index < -0.39 is 144 Å². The van der Waals surface area contributed by atoms with Crippen molar-refractivity contribution in [1.82, 2.24) is 0 Å². The number of aromatic nitrogens is 1. The summed E-state index contributed by atoms with van der Waals surface area (Å²) in [6.07, 6.45) is -5.50. The largest absolute Gasteiger partial charge is 0.287 e. The van der Waals surface area contributed by atoms with E-state index in [4.69, 9.17) is 5.53 Å². The molecule has 0 aliphatic rings. The van der Waals surface area contributed by atoms with Gasteiger partial charge in [-0.1, -0.05) is 53.6 Å². The highest BCUT2D eigenvalue weighted by atomic mass is 19.2. The van der Waals surface area contributed by atoms with E-state index in [0.717, 1.165) is 10.8 Å². The minimum absolute atomic E-state index is 0.0339. The number of carbonyl (C=O) groups excluding carboxylic acids is 2. The highest BCUT2D eigenvalue weighted by molar-refractivity contribution is 7.20. The second-order valence-electron chi connectivity index (χ2n) is 14.3. The van der Waals surface area contributed by atoms with Crippen molar-refractivity contribution < 1.29 is 102 Å². The standard InChI is InChI=1S/C24BF20.C19H15N4O2/c26-5-1(6(27)14(35)21(42)13(5)34)25(2-7(28)15(36)22(43)16(37)8(2)29,3-9(30)17(38)23(44)18(39)10(3)31)4-11(32)19(40)24(45)20(41)12(4)33;20-22-21-12-17(24)19-16-9-5-4-6-14(16)10-11-23(19)13-18(25)15-7-2-1-3-8-15/h;1-11H,12-13H2/q-1;+1. The first-order valence-electron chi connectivity index (χ1n) is 18.7. The molecule has 0 atom stereocenters. The number of benzene rings is 6. The van der Waals surface area contributed by atoms with Gasteiger partial charge in [0.15, 0.2) is 76.0 Å². The lowest BCUT2D eigenvalue weighted by Crippen LogP contribution is -2.81. The van der Waals surface area contributed by atoms with Crippen molar-refractivity contribution in [2.45, 2.75) is 6.54 Å². The predicted octanol–water partition coefficient (Wildman–Crippen LogP) is 9.35. The molecule has 7 rings (SSSR count). The Morgan fingerprint density at radius 2 is 0.743 bits per heavy atom. The molecule has 1 aromatic heterocycles. The van der Waals surface area contributed by atoms with Crippen LogP contribution in [0, 0.1) is 116 Å². The minimum Gasteiger partial charge on any atom is -0.287 e. The van der Waals surface area contributed by atoms with Gasteiger partial charge in [0.05, 0.1) is 11.9 Å². The predicted molar refractivity (Wildman–Crippen MR) is 202 cm³/mol. The normalized spacial score (nSPS) is 11.4. The van der Waals surface area contributed by atoms with Crippen LogP contribution in [0.4, 0.5) is 87.8 Å². The SMILES string of the molecule is Fc1c(F)c(F)c([B-](c2c(F)c(F)c(F)c(F)c2F)(c2c(F)c(F)c(F)c(F)c2F)c2c(F)c(F)c(F)c(F)c2F)c(F)c1F.[N-]=[N+]=NCC(=O)c1c2ccccc2cc[n+]1CC(=O)c1ccccc1. The third-order valence-corrected chi connectivity index (χ3v) is 10.6. The highest BCUT2D eigenvalue weighted by Gasteiger charge is 2.52. The first-order valence-corrected chi connectivity index (χ1v) is 18.7. The number of hydrogen-bond acceptors (Lipinski definition) is 3.